The number of phenolic OH excluding ortho intramolecular Hbond substituents is 1. The molecule has 2 heterocycles. The van der Waals surface area contributed by atoms with Gasteiger partial charge in [0, 0.05) is 38.4 Å². The number of piperazine rings is 1. The first-order valence-electron chi connectivity index (χ1n) is 7.38. The van der Waals surface area contributed by atoms with E-state index in [4.69, 9.17) is 4.74 Å². The number of nitrogens with zero attached hydrogens (tertiary/aromatic N) is 4. The number of aromatic hydroxyl groups is 1. The standard InChI is InChI=1S/C16H18N4O3/c1-23-14-6-7-17-16(18-14)20-10-8-19(9-11-20)15(22)12-4-2-3-5-13(12)21/h2-7,21H,8-11H2,1H3. The van der Waals surface area contributed by atoms with Crippen molar-refractivity contribution in [3.8, 4) is 11.6 Å². The van der Waals surface area contributed by atoms with E-state index >= 15 is 0 Å². The highest BCUT2D eigenvalue weighted by atomic mass is 16.5. The molecule has 0 aliphatic carbocycles. The molecular weight excluding hydrogens is 296 g/mol. The second-order valence-corrected chi connectivity index (χ2v) is 5.20. The van der Waals surface area contributed by atoms with Gasteiger partial charge in [-0.05, 0) is 12.1 Å². The highest BCUT2D eigenvalue weighted by molar-refractivity contribution is 5.96. The molecule has 1 amide bonds. The van der Waals surface area contributed by atoms with E-state index in [2.05, 4.69) is 9.97 Å². The average molecular weight is 314 g/mol. The molecule has 1 aromatic carbocycles. The van der Waals surface area contributed by atoms with Gasteiger partial charge in [0.2, 0.25) is 11.8 Å². The van der Waals surface area contributed by atoms with Crippen molar-refractivity contribution in [3.05, 3.63) is 42.1 Å². The van der Waals surface area contributed by atoms with Crippen molar-refractivity contribution in [2.45, 2.75) is 0 Å². The molecule has 23 heavy (non-hydrogen) atoms. The maximum Gasteiger partial charge on any atom is 0.257 e. The summed E-state index contributed by atoms with van der Waals surface area (Å²) < 4.78 is 5.11. The SMILES string of the molecule is COc1ccnc(N2CCN(C(=O)c3ccccc3O)CC2)n1. The maximum absolute atomic E-state index is 12.5. The summed E-state index contributed by atoms with van der Waals surface area (Å²) in [6, 6.07) is 8.29. The highest BCUT2D eigenvalue weighted by Gasteiger charge is 2.24. The molecule has 1 saturated heterocycles. The van der Waals surface area contributed by atoms with Crippen LogP contribution >= 0.6 is 0 Å². The Kier molecular flexibility index (Phi) is 4.27. The van der Waals surface area contributed by atoms with Gasteiger partial charge in [-0.2, -0.15) is 4.98 Å². The second kappa shape index (κ2) is 6.51. The lowest BCUT2D eigenvalue weighted by atomic mass is 10.1. The molecular formula is C16H18N4O3. The van der Waals surface area contributed by atoms with Crippen LogP contribution in [0.4, 0.5) is 5.95 Å². The predicted octanol–water partition coefficient (Wildman–Crippen LogP) is 1.15. The van der Waals surface area contributed by atoms with E-state index in [1.54, 1.807) is 42.5 Å². The molecule has 7 nitrogen and oxygen atoms in total. The summed E-state index contributed by atoms with van der Waals surface area (Å²) in [5.41, 5.74) is 0.332. The molecule has 2 aromatic rings. The van der Waals surface area contributed by atoms with Crippen LogP contribution in [0.15, 0.2) is 36.5 Å². The number of methoxy groups -OCH3 is 1. The normalized spacial score (nSPS) is 14.7. The minimum Gasteiger partial charge on any atom is -0.507 e. The topological polar surface area (TPSA) is 78.8 Å². The maximum atomic E-state index is 12.5. The molecule has 1 aliphatic heterocycles. The molecule has 3 rings (SSSR count). The molecule has 0 spiro atoms. The summed E-state index contributed by atoms with van der Waals surface area (Å²) in [7, 11) is 1.56. The largest absolute Gasteiger partial charge is 0.507 e. The minimum absolute atomic E-state index is 0.0102. The summed E-state index contributed by atoms with van der Waals surface area (Å²) in [5.74, 6) is 0.965. The van der Waals surface area contributed by atoms with Gasteiger partial charge in [0.25, 0.3) is 5.91 Å². The van der Waals surface area contributed by atoms with E-state index in [0.717, 1.165) is 0 Å². The fourth-order valence-electron chi connectivity index (χ4n) is 2.53. The quantitative estimate of drug-likeness (QED) is 0.916. The van der Waals surface area contributed by atoms with Crippen molar-refractivity contribution in [3.63, 3.8) is 0 Å². The zero-order valence-electron chi connectivity index (χ0n) is 12.8. The Morgan fingerprint density at radius 2 is 1.91 bits per heavy atom. The molecule has 0 bridgehead atoms. The summed E-state index contributed by atoms with van der Waals surface area (Å²) in [6.07, 6.45) is 1.65. The van der Waals surface area contributed by atoms with Crippen LogP contribution in [0.5, 0.6) is 11.6 Å². The fourth-order valence-corrected chi connectivity index (χ4v) is 2.53. The Balaban J connectivity index is 1.66. The molecule has 1 N–H and O–H groups in total. The van der Waals surface area contributed by atoms with Gasteiger partial charge in [0.15, 0.2) is 0 Å². The summed E-state index contributed by atoms with van der Waals surface area (Å²) in [4.78, 5) is 24.8. The summed E-state index contributed by atoms with van der Waals surface area (Å²) >= 11 is 0. The zero-order valence-corrected chi connectivity index (χ0v) is 12.8. The number of hydrogen-bond acceptors (Lipinski definition) is 6. The van der Waals surface area contributed by atoms with Gasteiger partial charge >= 0.3 is 0 Å². The predicted molar refractivity (Wildman–Crippen MR) is 84.8 cm³/mol. The van der Waals surface area contributed by atoms with Crippen molar-refractivity contribution < 1.29 is 14.6 Å². The van der Waals surface area contributed by atoms with Crippen molar-refractivity contribution in [1.29, 1.82) is 0 Å². The summed E-state index contributed by atoms with van der Waals surface area (Å²) in [5, 5.41) is 9.81. The van der Waals surface area contributed by atoms with Crippen LogP contribution in [-0.4, -0.2) is 59.2 Å². The number of benzene rings is 1. The van der Waals surface area contributed by atoms with Crippen molar-refractivity contribution in [2.24, 2.45) is 0 Å². The van der Waals surface area contributed by atoms with Crippen molar-refractivity contribution in [1.82, 2.24) is 14.9 Å². The first-order chi connectivity index (χ1) is 11.2. The number of hydrogen-bond donors (Lipinski definition) is 1. The van der Waals surface area contributed by atoms with E-state index in [1.165, 1.54) is 6.07 Å². The van der Waals surface area contributed by atoms with Gasteiger partial charge in [-0.15, -0.1) is 0 Å². The van der Waals surface area contributed by atoms with Gasteiger partial charge in [-0.25, -0.2) is 4.98 Å². The molecule has 0 atom stereocenters. The lowest BCUT2D eigenvalue weighted by molar-refractivity contribution is 0.0743. The number of carbonyl (C=O) groups excluding carboxylic acids is 1. The van der Waals surface area contributed by atoms with Crippen LogP contribution in [0.1, 0.15) is 10.4 Å². The molecule has 1 aliphatic rings. The van der Waals surface area contributed by atoms with Gasteiger partial charge in [0.05, 0.1) is 12.7 Å². The van der Waals surface area contributed by atoms with Gasteiger partial charge in [0.1, 0.15) is 5.75 Å². The third-order valence-corrected chi connectivity index (χ3v) is 3.81. The molecule has 120 valence electrons. The number of rotatable bonds is 3. The second-order valence-electron chi connectivity index (χ2n) is 5.20. The van der Waals surface area contributed by atoms with E-state index in [1.807, 2.05) is 4.90 Å². The van der Waals surface area contributed by atoms with Crippen LogP contribution in [0.3, 0.4) is 0 Å². The van der Waals surface area contributed by atoms with Gasteiger partial charge in [-0.1, -0.05) is 12.1 Å². The number of phenols is 1. The van der Waals surface area contributed by atoms with Crippen LogP contribution in [0, 0.1) is 0 Å². The third kappa shape index (κ3) is 3.18. The minimum atomic E-state index is -0.158. The molecule has 0 saturated carbocycles. The van der Waals surface area contributed by atoms with Gasteiger partial charge < -0.3 is 19.6 Å². The Morgan fingerprint density at radius 3 is 2.61 bits per heavy atom. The van der Waals surface area contributed by atoms with Crippen LogP contribution in [0.2, 0.25) is 0 Å². The third-order valence-electron chi connectivity index (χ3n) is 3.81. The van der Waals surface area contributed by atoms with Gasteiger partial charge in [-0.3, -0.25) is 4.79 Å². The van der Waals surface area contributed by atoms with Crippen LogP contribution < -0.4 is 9.64 Å². The first-order valence-corrected chi connectivity index (χ1v) is 7.38. The van der Waals surface area contributed by atoms with Crippen LogP contribution in [-0.2, 0) is 0 Å². The Morgan fingerprint density at radius 1 is 1.17 bits per heavy atom. The highest BCUT2D eigenvalue weighted by Crippen LogP contribution is 2.20. The number of carbonyl (C=O) groups is 1. The Hall–Kier alpha value is -2.83. The molecule has 1 fully saturated rings. The smallest absolute Gasteiger partial charge is 0.257 e. The van der Waals surface area contributed by atoms with Crippen molar-refractivity contribution >= 4 is 11.9 Å². The molecule has 0 unspecified atom stereocenters. The monoisotopic (exact) mass is 314 g/mol. The molecule has 1 aromatic heterocycles. The lowest BCUT2D eigenvalue weighted by Crippen LogP contribution is -2.49. The van der Waals surface area contributed by atoms with Crippen LogP contribution in [0.25, 0.3) is 0 Å². The Labute approximate surface area is 134 Å². The number of para-hydroxylation sites is 1. The fraction of sp³-hybridized carbons (Fsp3) is 0.312. The van der Waals surface area contributed by atoms with Crippen molar-refractivity contribution in [2.75, 3.05) is 38.2 Å². The summed E-state index contributed by atoms with van der Waals surface area (Å²) in [6.45, 7) is 2.36. The Bertz CT molecular complexity index is 699. The first kappa shape index (κ1) is 15.1. The average Bonchev–Trinajstić information content (AvgIpc) is 2.62. The van der Waals surface area contributed by atoms with E-state index in [-0.39, 0.29) is 11.7 Å². The molecule has 0 radical (unpaired) electrons. The number of ether oxygens (including phenoxy) is 1. The zero-order chi connectivity index (χ0) is 16.2. The van der Waals surface area contributed by atoms with E-state index in [9.17, 15) is 9.90 Å². The lowest BCUT2D eigenvalue weighted by Gasteiger charge is -2.34. The number of anilines is 1. The number of amides is 1. The van der Waals surface area contributed by atoms with E-state index < -0.39 is 0 Å². The molecule has 7 heteroatoms. The van der Waals surface area contributed by atoms with E-state index in [0.29, 0.717) is 43.6 Å². The number of aromatic nitrogens is 2.